The van der Waals surface area contributed by atoms with Gasteiger partial charge in [-0.15, -0.1) is 0 Å². The molecule has 0 fully saturated rings. The summed E-state index contributed by atoms with van der Waals surface area (Å²) in [6.07, 6.45) is 2.99. The van der Waals surface area contributed by atoms with Crippen LogP contribution in [0.1, 0.15) is 13.3 Å². The van der Waals surface area contributed by atoms with Crippen molar-refractivity contribution in [3.63, 3.8) is 0 Å². The van der Waals surface area contributed by atoms with E-state index in [0.717, 1.165) is 12.0 Å². The first-order chi connectivity index (χ1) is 9.08. The molecule has 0 saturated carbocycles. The molecule has 0 spiro atoms. The number of carbonyl (C=O) groups excluding carboxylic acids is 2. The predicted octanol–water partition coefficient (Wildman–Crippen LogP) is 0.911. The third-order valence-electron chi connectivity index (χ3n) is 3.59. The Kier molecular flexibility index (Phi) is 3.78. The van der Waals surface area contributed by atoms with Gasteiger partial charge in [-0.1, -0.05) is 11.6 Å². The number of likely N-dealkylation sites (N-methyl/N-ethyl adjacent to an activating group) is 1. The van der Waals surface area contributed by atoms with Gasteiger partial charge in [-0.25, -0.2) is 4.79 Å². The Morgan fingerprint density at radius 2 is 2.11 bits per heavy atom. The van der Waals surface area contributed by atoms with Crippen LogP contribution in [0.15, 0.2) is 23.5 Å². The zero-order valence-corrected chi connectivity index (χ0v) is 11.2. The highest BCUT2D eigenvalue weighted by atomic mass is 16.7. The van der Waals surface area contributed by atoms with Crippen LogP contribution in [0.5, 0.6) is 0 Å². The topological polar surface area (TPSA) is 76.7 Å². The summed E-state index contributed by atoms with van der Waals surface area (Å²) in [5.41, 5.74) is 1.67. The SMILES string of the molecule is CNC(=O)OC1OC=C(C(=O)NC)C2CC=C(C)C12. The van der Waals surface area contributed by atoms with Crippen molar-refractivity contribution in [1.29, 1.82) is 0 Å². The van der Waals surface area contributed by atoms with Crippen molar-refractivity contribution in [1.82, 2.24) is 10.6 Å². The summed E-state index contributed by atoms with van der Waals surface area (Å²) in [6.45, 7) is 1.96. The van der Waals surface area contributed by atoms with E-state index in [1.165, 1.54) is 13.3 Å². The fourth-order valence-corrected chi connectivity index (χ4v) is 2.58. The standard InChI is InChI=1S/C13H18N2O4/c1-7-4-5-8-9(11(16)14-2)6-18-12(10(7)8)19-13(17)15-3/h4,6,8,10,12H,5H2,1-3H3,(H,14,16)(H,15,17). The molecule has 0 bridgehead atoms. The van der Waals surface area contributed by atoms with Gasteiger partial charge in [0.25, 0.3) is 6.29 Å². The van der Waals surface area contributed by atoms with Gasteiger partial charge < -0.3 is 20.1 Å². The quantitative estimate of drug-likeness (QED) is 0.728. The lowest BCUT2D eigenvalue weighted by molar-refractivity contribution is -0.125. The molecule has 1 aliphatic heterocycles. The van der Waals surface area contributed by atoms with E-state index in [9.17, 15) is 9.59 Å². The van der Waals surface area contributed by atoms with E-state index in [-0.39, 0.29) is 17.7 Å². The van der Waals surface area contributed by atoms with Crippen LogP contribution in [-0.2, 0) is 14.3 Å². The largest absolute Gasteiger partial charge is 0.461 e. The molecule has 3 unspecified atom stereocenters. The molecule has 3 atom stereocenters. The molecular weight excluding hydrogens is 248 g/mol. The van der Waals surface area contributed by atoms with Crippen molar-refractivity contribution >= 4 is 12.0 Å². The molecule has 19 heavy (non-hydrogen) atoms. The smallest absolute Gasteiger partial charge is 0.409 e. The molecule has 2 aliphatic rings. The van der Waals surface area contributed by atoms with Gasteiger partial charge >= 0.3 is 6.09 Å². The number of amides is 2. The van der Waals surface area contributed by atoms with Crippen LogP contribution < -0.4 is 10.6 Å². The molecule has 104 valence electrons. The van der Waals surface area contributed by atoms with E-state index in [4.69, 9.17) is 9.47 Å². The van der Waals surface area contributed by atoms with Crippen LogP contribution in [0.2, 0.25) is 0 Å². The Morgan fingerprint density at radius 3 is 2.74 bits per heavy atom. The van der Waals surface area contributed by atoms with Crippen molar-refractivity contribution in [2.75, 3.05) is 14.1 Å². The fourth-order valence-electron chi connectivity index (χ4n) is 2.58. The monoisotopic (exact) mass is 266 g/mol. The molecule has 6 nitrogen and oxygen atoms in total. The van der Waals surface area contributed by atoms with Crippen molar-refractivity contribution < 1.29 is 19.1 Å². The Labute approximate surface area is 111 Å². The van der Waals surface area contributed by atoms with Crippen LogP contribution in [0, 0.1) is 11.8 Å². The molecule has 0 saturated heterocycles. The number of nitrogens with one attached hydrogen (secondary N) is 2. The number of carbonyl (C=O) groups is 2. The molecule has 0 aromatic carbocycles. The second-order valence-corrected chi connectivity index (χ2v) is 4.63. The van der Waals surface area contributed by atoms with E-state index in [0.29, 0.717) is 5.57 Å². The zero-order valence-electron chi connectivity index (χ0n) is 11.2. The lowest BCUT2D eigenvalue weighted by atomic mass is 9.83. The summed E-state index contributed by atoms with van der Waals surface area (Å²) in [5, 5.41) is 4.99. The summed E-state index contributed by atoms with van der Waals surface area (Å²) in [5.74, 6) is -0.255. The predicted molar refractivity (Wildman–Crippen MR) is 67.9 cm³/mol. The number of allylic oxidation sites excluding steroid dienone is 1. The Balaban J connectivity index is 2.21. The first-order valence-corrected chi connectivity index (χ1v) is 6.21. The molecule has 2 amide bonds. The fraction of sp³-hybridized carbons (Fsp3) is 0.538. The Bertz CT molecular complexity index is 456. The van der Waals surface area contributed by atoms with Crippen molar-refractivity contribution in [3.8, 4) is 0 Å². The van der Waals surface area contributed by atoms with E-state index in [1.807, 2.05) is 6.92 Å². The van der Waals surface area contributed by atoms with Crippen molar-refractivity contribution in [2.45, 2.75) is 19.6 Å². The van der Waals surface area contributed by atoms with E-state index in [1.54, 1.807) is 7.05 Å². The molecule has 1 aliphatic carbocycles. The molecule has 2 rings (SSSR count). The molecular formula is C13H18N2O4. The molecule has 1 heterocycles. The minimum Gasteiger partial charge on any atom is -0.461 e. The second kappa shape index (κ2) is 5.34. The normalized spacial score (nSPS) is 28.5. The molecule has 0 aromatic heterocycles. The molecule has 2 N–H and O–H groups in total. The van der Waals surface area contributed by atoms with Gasteiger partial charge in [0.15, 0.2) is 0 Å². The summed E-state index contributed by atoms with van der Waals surface area (Å²) in [4.78, 5) is 23.1. The summed E-state index contributed by atoms with van der Waals surface area (Å²) < 4.78 is 10.6. The minimum absolute atomic E-state index is 0.00311. The van der Waals surface area contributed by atoms with Gasteiger partial charge in [-0.3, -0.25) is 4.79 Å². The van der Waals surface area contributed by atoms with Crippen molar-refractivity contribution in [3.05, 3.63) is 23.5 Å². The average Bonchev–Trinajstić information content (AvgIpc) is 2.81. The molecule has 0 aromatic rings. The number of hydrogen-bond acceptors (Lipinski definition) is 4. The van der Waals surface area contributed by atoms with E-state index < -0.39 is 12.4 Å². The van der Waals surface area contributed by atoms with Crippen LogP contribution >= 0.6 is 0 Å². The number of ether oxygens (including phenoxy) is 2. The highest BCUT2D eigenvalue weighted by Gasteiger charge is 2.44. The van der Waals surface area contributed by atoms with E-state index >= 15 is 0 Å². The van der Waals surface area contributed by atoms with Crippen LogP contribution in [0.25, 0.3) is 0 Å². The lowest BCUT2D eigenvalue weighted by Crippen LogP contribution is -2.40. The summed E-state index contributed by atoms with van der Waals surface area (Å²) >= 11 is 0. The number of alkyl carbamates (subject to hydrolysis) is 1. The lowest BCUT2D eigenvalue weighted by Gasteiger charge is -2.33. The first kappa shape index (κ1) is 13.5. The maximum Gasteiger partial charge on any atom is 0.409 e. The number of rotatable bonds is 2. The van der Waals surface area contributed by atoms with Crippen LogP contribution in [0.3, 0.4) is 0 Å². The van der Waals surface area contributed by atoms with Gasteiger partial charge in [0.1, 0.15) is 0 Å². The number of hydrogen-bond donors (Lipinski definition) is 2. The Morgan fingerprint density at radius 1 is 1.37 bits per heavy atom. The molecule has 0 radical (unpaired) electrons. The van der Waals surface area contributed by atoms with Gasteiger partial charge in [0, 0.05) is 20.0 Å². The summed E-state index contributed by atoms with van der Waals surface area (Å²) in [6, 6.07) is 0. The maximum absolute atomic E-state index is 11.8. The maximum atomic E-state index is 11.8. The first-order valence-electron chi connectivity index (χ1n) is 6.21. The van der Waals surface area contributed by atoms with Crippen LogP contribution in [-0.4, -0.2) is 32.4 Å². The molecule has 6 heteroatoms. The second-order valence-electron chi connectivity index (χ2n) is 4.63. The summed E-state index contributed by atoms with van der Waals surface area (Å²) in [7, 11) is 3.08. The number of fused-ring (bicyclic) bond motifs is 1. The minimum atomic E-state index is -0.683. The highest BCUT2D eigenvalue weighted by Crippen LogP contribution is 2.43. The zero-order chi connectivity index (χ0) is 14.0. The third kappa shape index (κ3) is 2.43. The average molecular weight is 266 g/mol. The van der Waals surface area contributed by atoms with Gasteiger partial charge in [0.2, 0.25) is 5.91 Å². The van der Waals surface area contributed by atoms with Gasteiger partial charge in [-0.2, -0.15) is 0 Å². The van der Waals surface area contributed by atoms with Crippen LogP contribution in [0.4, 0.5) is 4.79 Å². The highest BCUT2D eigenvalue weighted by molar-refractivity contribution is 5.93. The van der Waals surface area contributed by atoms with Crippen molar-refractivity contribution in [2.24, 2.45) is 11.8 Å². The van der Waals surface area contributed by atoms with Gasteiger partial charge in [0.05, 0.1) is 17.8 Å². The van der Waals surface area contributed by atoms with E-state index in [2.05, 4.69) is 16.7 Å². The third-order valence-corrected chi connectivity index (χ3v) is 3.59. The Hall–Kier alpha value is -1.98. The van der Waals surface area contributed by atoms with Gasteiger partial charge in [-0.05, 0) is 13.3 Å².